The molecule has 0 aromatic heterocycles. The van der Waals surface area contributed by atoms with Crippen LogP contribution in [-0.4, -0.2) is 28.8 Å². The van der Waals surface area contributed by atoms with Crippen molar-refractivity contribution in [2.24, 2.45) is 11.1 Å². The van der Waals surface area contributed by atoms with Crippen LogP contribution in [0.2, 0.25) is 0 Å². The molecule has 0 atom stereocenters. The first kappa shape index (κ1) is 11.6. The molecule has 1 saturated heterocycles. The Bertz CT molecular complexity index is 317. The number of likely N-dealkylation sites (tertiary alicyclic amines) is 1. The minimum absolute atomic E-state index is 0.00188. The Labute approximate surface area is 96.2 Å². The van der Waals surface area contributed by atoms with Gasteiger partial charge < -0.3 is 5.73 Å². The molecule has 0 aromatic rings. The van der Waals surface area contributed by atoms with E-state index < -0.39 is 5.41 Å². The van der Waals surface area contributed by atoms with Gasteiger partial charge in [0, 0.05) is 18.5 Å². The molecule has 0 radical (unpaired) electrons. The van der Waals surface area contributed by atoms with E-state index in [-0.39, 0.29) is 23.9 Å². The molecule has 1 saturated carbocycles. The maximum absolute atomic E-state index is 12.1. The molecule has 2 aliphatic rings. The predicted octanol–water partition coefficient (Wildman–Crippen LogP) is 1.04. The van der Waals surface area contributed by atoms with Crippen LogP contribution in [0.4, 0.5) is 0 Å². The summed E-state index contributed by atoms with van der Waals surface area (Å²) in [6.45, 7) is 3.70. The van der Waals surface area contributed by atoms with Gasteiger partial charge in [0.2, 0.25) is 11.8 Å². The molecule has 2 rings (SSSR count). The lowest BCUT2D eigenvalue weighted by Gasteiger charge is -2.32. The van der Waals surface area contributed by atoms with Gasteiger partial charge in [0.05, 0.1) is 5.41 Å². The molecule has 0 bridgehead atoms. The Morgan fingerprint density at radius 2 is 1.75 bits per heavy atom. The molecule has 1 aliphatic heterocycles. The van der Waals surface area contributed by atoms with E-state index in [9.17, 15) is 9.59 Å². The van der Waals surface area contributed by atoms with Crippen LogP contribution in [0.3, 0.4) is 0 Å². The third-order valence-electron chi connectivity index (χ3n) is 3.77. The molecular formula is C12H20N2O2. The van der Waals surface area contributed by atoms with Gasteiger partial charge >= 0.3 is 0 Å². The molecule has 90 valence electrons. The lowest BCUT2D eigenvalue weighted by molar-refractivity contribution is -0.144. The predicted molar refractivity (Wildman–Crippen MR) is 60.5 cm³/mol. The number of carbonyl (C=O) groups is 2. The van der Waals surface area contributed by atoms with Crippen LogP contribution in [0, 0.1) is 5.41 Å². The van der Waals surface area contributed by atoms with Gasteiger partial charge in [0.1, 0.15) is 0 Å². The third-order valence-corrected chi connectivity index (χ3v) is 3.77. The molecule has 0 spiro atoms. The SMILES string of the molecule is CC1(C)CC(=O)N(C2CCC(N)CC2)C1=O. The van der Waals surface area contributed by atoms with Gasteiger partial charge in [-0.15, -0.1) is 0 Å². The number of imide groups is 1. The summed E-state index contributed by atoms with van der Waals surface area (Å²) in [5.74, 6) is -0.00607. The summed E-state index contributed by atoms with van der Waals surface area (Å²) in [7, 11) is 0. The summed E-state index contributed by atoms with van der Waals surface area (Å²) < 4.78 is 0. The summed E-state index contributed by atoms with van der Waals surface area (Å²) in [5, 5.41) is 0. The molecule has 1 aliphatic carbocycles. The van der Waals surface area contributed by atoms with Crippen LogP contribution in [-0.2, 0) is 9.59 Å². The van der Waals surface area contributed by atoms with Crippen molar-refractivity contribution in [1.82, 2.24) is 4.90 Å². The van der Waals surface area contributed by atoms with Crippen LogP contribution < -0.4 is 5.73 Å². The van der Waals surface area contributed by atoms with Crippen LogP contribution in [0.1, 0.15) is 46.0 Å². The molecule has 2 amide bonds. The van der Waals surface area contributed by atoms with Gasteiger partial charge in [-0.05, 0) is 25.7 Å². The van der Waals surface area contributed by atoms with Gasteiger partial charge in [0.25, 0.3) is 0 Å². The summed E-state index contributed by atoms with van der Waals surface area (Å²) in [5.41, 5.74) is 5.33. The zero-order valence-corrected chi connectivity index (χ0v) is 10.0. The number of nitrogens with zero attached hydrogens (tertiary/aromatic N) is 1. The van der Waals surface area contributed by atoms with E-state index in [1.165, 1.54) is 4.90 Å². The highest BCUT2D eigenvalue weighted by molar-refractivity contribution is 6.05. The summed E-state index contributed by atoms with van der Waals surface area (Å²) >= 11 is 0. The van der Waals surface area contributed by atoms with E-state index in [1.807, 2.05) is 13.8 Å². The lowest BCUT2D eigenvalue weighted by Crippen LogP contribution is -2.45. The van der Waals surface area contributed by atoms with Crippen molar-refractivity contribution in [3.05, 3.63) is 0 Å². The highest BCUT2D eigenvalue weighted by Gasteiger charge is 2.47. The second-order valence-corrected chi connectivity index (χ2v) is 5.70. The Morgan fingerprint density at radius 1 is 1.19 bits per heavy atom. The number of hydrogen-bond donors (Lipinski definition) is 1. The smallest absolute Gasteiger partial charge is 0.235 e. The van der Waals surface area contributed by atoms with Crippen molar-refractivity contribution < 1.29 is 9.59 Å². The first-order valence-corrected chi connectivity index (χ1v) is 6.04. The van der Waals surface area contributed by atoms with E-state index in [1.54, 1.807) is 0 Å². The van der Waals surface area contributed by atoms with Gasteiger partial charge in [-0.3, -0.25) is 14.5 Å². The lowest BCUT2D eigenvalue weighted by atomic mass is 9.89. The first-order valence-electron chi connectivity index (χ1n) is 6.04. The maximum atomic E-state index is 12.1. The molecular weight excluding hydrogens is 204 g/mol. The average Bonchev–Trinajstić information content (AvgIpc) is 2.39. The van der Waals surface area contributed by atoms with Gasteiger partial charge in [-0.1, -0.05) is 13.8 Å². The van der Waals surface area contributed by atoms with Crippen molar-refractivity contribution in [1.29, 1.82) is 0 Å². The largest absolute Gasteiger partial charge is 0.328 e. The maximum Gasteiger partial charge on any atom is 0.235 e. The Kier molecular flexibility index (Phi) is 2.78. The standard InChI is InChI=1S/C12H20N2O2/c1-12(2)7-10(15)14(11(12)16)9-5-3-8(13)4-6-9/h8-9H,3-7,13H2,1-2H3. The van der Waals surface area contributed by atoms with Crippen LogP contribution in [0.15, 0.2) is 0 Å². The van der Waals surface area contributed by atoms with Crippen LogP contribution in [0.25, 0.3) is 0 Å². The summed E-state index contributed by atoms with van der Waals surface area (Å²) in [6.07, 6.45) is 3.93. The molecule has 2 fully saturated rings. The van der Waals surface area contributed by atoms with E-state index in [0.29, 0.717) is 6.42 Å². The van der Waals surface area contributed by atoms with Gasteiger partial charge in [-0.25, -0.2) is 0 Å². The molecule has 1 heterocycles. The molecule has 0 unspecified atom stereocenters. The Morgan fingerprint density at radius 3 is 2.19 bits per heavy atom. The van der Waals surface area contributed by atoms with Crippen molar-refractivity contribution in [2.45, 2.75) is 58.0 Å². The fraction of sp³-hybridized carbons (Fsp3) is 0.833. The number of amides is 2. The minimum atomic E-state index is -0.503. The first-order chi connectivity index (χ1) is 7.42. The van der Waals surface area contributed by atoms with Crippen molar-refractivity contribution in [2.75, 3.05) is 0 Å². The van der Waals surface area contributed by atoms with E-state index in [2.05, 4.69) is 0 Å². The molecule has 2 N–H and O–H groups in total. The quantitative estimate of drug-likeness (QED) is 0.677. The number of nitrogens with two attached hydrogens (primary N) is 1. The topological polar surface area (TPSA) is 63.4 Å². The third kappa shape index (κ3) is 1.86. The van der Waals surface area contributed by atoms with Crippen LogP contribution >= 0.6 is 0 Å². The Balaban J connectivity index is 2.10. The van der Waals surface area contributed by atoms with Crippen LogP contribution in [0.5, 0.6) is 0 Å². The minimum Gasteiger partial charge on any atom is -0.328 e. The molecule has 4 nitrogen and oxygen atoms in total. The second kappa shape index (κ2) is 3.84. The van der Waals surface area contributed by atoms with Gasteiger partial charge in [-0.2, -0.15) is 0 Å². The number of rotatable bonds is 1. The highest BCUT2D eigenvalue weighted by Crippen LogP contribution is 2.36. The molecule has 0 aromatic carbocycles. The summed E-state index contributed by atoms with van der Waals surface area (Å²) in [4.78, 5) is 25.5. The van der Waals surface area contributed by atoms with Crippen molar-refractivity contribution in [3.8, 4) is 0 Å². The van der Waals surface area contributed by atoms with Gasteiger partial charge in [0.15, 0.2) is 0 Å². The second-order valence-electron chi connectivity index (χ2n) is 5.70. The highest BCUT2D eigenvalue weighted by atomic mass is 16.2. The number of carbonyl (C=O) groups excluding carboxylic acids is 2. The molecule has 16 heavy (non-hydrogen) atoms. The Hall–Kier alpha value is -0.900. The molecule has 4 heteroatoms. The zero-order valence-electron chi connectivity index (χ0n) is 10.0. The fourth-order valence-corrected chi connectivity index (χ4v) is 2.71. The number of hydrogen-bond acceptors (Lipinski definition) is 3. The van der Waals surface area contributed by atoms with E-state index >= 15 is 0 Å². The monoisotopic (exact) mass is 224 g/mol. The van der Waals surface area contributed by atoms with E-state index in [0.717, 1.165) is 25.7 Å². The normalized spacial score (nSPS) is 34.6. The summed E-state index contributed by atoms with van der Waals surface area (Å²) in [6, 6.07) is 0.346. The van der Waals surface area contributed by atoms with E-state index in [4.69, 9.17) is 5.73 Å². The van der Waals surface area contributed by atoms with Crippen molar-refractivity contribution >= 4 is 11.8 Å². The van der Waals surface area contributed by atoms with Crippen molar-refractivity contribution in [3.63, 3.8) is 0 Å². The fourth-order valence-electron chi connectivity index (χ4n) is 2.71. The average molecular weight is 224 g/mol. The zero-order chi connectivity index (χ0) is 11.9.